The minimum absolute atomic E-state index is 0. The van der Waals surface area contributed by atoms with Crippen LogP contribution in [0.2, 0.25) is 0 Å². The standard InChI is InChI=1S/C11H14F3NO2.ClH/c12-11(13,14)17-10-6-2-1-4-8(10)9(15)5-3-7-16;/h1-2,4,6,9,16H,3,5,7,15H2;1H/t9-;/m1./s1. The highest BCUT2D eigenvalue weighted by molar-refractivity contribution is 5.85. The number of para-hydroxylation sites is 1. The van der Waals surface area contributed by atoms with Crippen LogP contribution < -0.4 is 10.5 Å². The third-order valence-corrected chi connectivity index (χ3v) is 2.22. The van der Waals surface area contributed by atoms with Crippen molar-refractivity contribution in [2.45, 2.75) is 25.2 Å². The number of benzene rings is 1. The molecule has 0 aliphatic heterocycles. The largest absolute Gasteiger partial charge is 0.573 e. The summed E-state index contributed by atoms with van der Waals surface area (Å²) in [5.74, 6) is -0.287. The number of aliphatic hydroxyl groups is 1. The molecule has 3 N–H and O–H groups in total. The van der Waals surface area contributed by atoms with Crippen LogP contribution in [0.15, 0.2) is 24.3 Å². The molecule has 0 radical (unpaired) electrons. The molecule has 0 fully saturated rings. The van der Waals surface area contributed by atoms with E-state index in [1.165, 1.54) is 18.2 Å². The zero-order valence-corrected chi connectivity index (χ0v) is 10.3. The molecule has 18 heavy (non-hydrogen) atoms. The first-order chi connectivity index (χ1) is 7.94. The summed E-state index contributed by atoms with van der Waals surface area (Å²) in [7, 11) is 0. The van der Waals surface area contributed by atoms with Gasteiger partial charge in [0.1, 0.15) is 5.75 Å². The van der Waals surface area contributed by atoms with Gasteiger partial charge in [0.05, 0.1) is 0 Å². The first kappa shape index (κ1) is 17.0. The summed E-state index contributed by atoms with van der Waals surface area (Å²) in [6.07, 6.45) is -3.90. The first-order valence-electron chi connectivity index (χ1n) is 5.15. The summed E-state index contributed by atoms with van der Waals surface area (Å²) >= 11 is 0. The van der Waals surface area contributed by atoms with Crippen LogP contribution in [0.5, 0.6) is 5.75 Å². The topological polar surface area (TPSA) is 55.5 Å². The molecule has 0 aliphatic carbocycles. The van der Waals surface area contributed by atoms with Gasteiger partial charge in [0.2, 0.25) is 0 Å². The second kappa shape index (κ2) is 7.45. The minimum atomic E-state index is -4.73. The van der Waals surface area contributed by atoms with E-state index in [2.05, 4.69) is 4.74 Å². The van der Waals surface area contributed by atoms with E-state index < -0.39 is 12.4 Å². The van der Waals surface area contributed by atoms with E-state index in [1.807, 2.05) is 0 Å². The second-order valence-electron chi connectivity index (χ2n) is 3.56. The van der Waals surface area contributed by atoms with Crippen molar-refractivity contribution in [3.05, 3.63) is 29.8 Å². The van der Waals surface area contributed by atoms with Crippen molar-refractivity contribution >= 4 is 12.4 Å². The summed E-state index contributed by atoms with van der Waals surface area (Å²) in [6, 6.07) is 5.17. The van der Waals surface area contributed by atoms with Crippen molar-refractivity contribution in [3.8, 4) is 5.75 Å². The van der Waals surface area contributed by atoms with Crippen molar-refractivity contribution in [2.24, 2.45) is 5.73 Å². The number of hydrogen-bond donors (Lipinski definition) is 2. The summed E-state index contributed by atoms with van der Waals surface area (Å²) in [4.78, 5) is 0. The highest BCUT2D eigenvalue weighted by Crippen LogP contribution is 2.30. The number of ether oxygens (including phenoxy) is 1. The van der Waals surface area contributed by atoms with Gasteiger partial charge in [0.25, 0.3) is 0 Å². The van der Waals surface area contributed by atoms with Crippen LogP contribution in [0.4, 0.5) is 13.2 Å². The molecule has 0 unspecified atom stereocenters. The predicted octanol–water partition coefficient (Wildman–Crippen LogP) is 2.78. The van der Waals surface area contributed by atoms with E-state index in [0.717, 1.165) is 0 Å². The van der Waals surface area contributed by atoms with E-state index in [4.69, 9.17) is 10.8 Å². The van der Waals surface area contributed by atoms with Gasteiger partial charge in [-0.1, -0.05) is 18.2 Å². The van der Waals surface area contributed by atoms with Gasteiger partial charge < -0.3 is 15.6 Å². The average Bonchev–Trinajstić information content (AvgIpc) is 2.24. The van der Waals surface area contributed by atoms with E-state index in [0.29, 0.717) is 18.4 Å². The molecular weight excluding hydrogens is 271 g/mol. The molecule has 7 heteroatoms. The molecule has 1 aromatic carbocycles. The summed E-state index contributed by atoms with van der Waals surface area (Å²) in [5, 5.41) is 8.65. The van der Waals surface area contributed by atoms with Crippen LogP contribution in [0.3, 0.4) is 0 Å². The first-order valence-corrected chi connectivity index (χ1v) is 5.15. The lowest BCUT2D eigenvalue weighted by Gasteiger charge is -2.17. The van der Waals surface area contributed by atoms with Gasteiger partial charge >= 0.3 is 6.36 Å². The van der Waals surface area contributed by atoms with Crippen LogP contribution in [0.1, 0.15) is 24.4 Å². The molecule has 0 aromatic heterocycles. The highest BCUT2D eigenvalue weighted by atomic mass is 35.5. The van der Waals surface area contributed by atoms with E-state index in [9.17, 15) is 13.2 Å². The van der Waals surface area contributed by atoms with Crippen molar-refractivity contribution in [2.75, 3.05) is 6.61 Å². The number of nitrogens with two attached hydrogens (primary N) is 1. The minimum Gasteiger partial charge on any atom is -0.405 e. The predicted molar refractivity (Wildman–Crippen MR) is 63.6 cm³/mol. The number of halogens is 4. The van der Waals surface area contributed by atoms with Gasteiger partial charge in [-0.3, -0.25) is 0 Å². The van der Waals surface area contributed by atoms with Gasteiger partial charge in [-0.2, -0.15) is 0 Å². The Labute approximate surface area is 109 Å². The third-order valence-electron chi connectivity index (χ3n) is 2.22. The molecular formula is C11H15ClF3NO2. The molecule has 104 valence electrons. The molecule has 0 saturated heterocycles. The Morgan fingerprint density at radius 2 is 1.89 bits per heavy atom. The van der Waals surface area contributed by atoms with Crippen molar-refractivity contribution in [1.82, 2.24) is 0 Å². The zero-order chi connectivity index (χ0) is 12.9. The van der Waals surface area contributed by atoms with Crippen LogP contribution in [-0.2, 0) is 0 Å². The lowest BCUT2D eigenvalue weighted by molar-refractivity contribution is -0.275. The zero-order valence-electron chi connectivity index (χ0n) is 9.48. The maximum Gasteiger partial charge on any atom is 0.573 e. The normalized spacial score (nSPS) is 12.7. The Hall–Kier alpha value is -0.980. The number of rotatable bonds is 5. The van der Waals surface area contributed by atoms with Gasteiger partial charge in [0.15, 0.2) is 0 Å². The number of aliphatic hydroxyl groups excluding tert-OH is 1. The number of hydrogen-bond acceptors (Lipinski definition) is 3. The monoisotopic (exact) mass is 285 g/mol. The molecule has 0 heterocycles. The van der Waals surface area contributed by atoms with Gasteiger partial charge in [-0.25, -0.2) is 0 Å². The van der Waals surface area contributed by atoms with Gasteiger partial charge in [0, 0.05) is 18.2 Å². The fraction of sp³-hybridized carbons (Fsp3) is 0.455. The molecule has 0 amide bonds. The lowest BCUT2D eigenvalue weighted by Crippen LogP contribution is -2.20. The van der Waals surface area contributed by atoms with Crippen LogP contribution >= 0.6 is 12.4 Å². The fourth-order valence-corrected chi connectivity index (χ4v) is 1.47. The summed E-state index contributed by atoms with van der Waals surface area (Å²) in [5.41, 5.74) is 6.03. The summed E-state index contributed by atoms with van der Waals surface area (Å²) in [6.45, 7) is -0.0456. The quantitative estimate of drug-likeness (QED) is 0.875. The van der Waals surface area contributed by atoms with E-state index in [1.54, 1.807) is 6.07 Å². The molecule has 0 aliphatic rings. The van der Waals surface area contributed by atoms with E-state index in [-0.39, 0.29) is 24.8 Å². The molecule has 1 atom stereocenters. The fourth-order valence-electron chi connectivity index (χ4n) is 1.47. The smallest absolute Gasteiger partial charge is 0.405 e. The van der Waals surface area contributed by atoms with E-state index >= 15 is 0 Å². The Kier molecular flexibility index (Phi) is 7.05. The van der Waals surface area contributed by atoms with Gasteiger partial charge in [-0.05, 0) is 18.9 Å². The lowest BCUT2D eigenvalue weighted by atomic mass is 10.0. The molecule has 3 nitrogen and oxygen atoms in total. The average molecular weight is 286 g/mol. The second-order valence-corrected chi connectivity index (χ2v) is 3.56. The van der Waals surface area contributed by atoms with Gasteiger partial charge in [-0.15, -0.1) is 25.6 Å². The molecule has 0 spiro atoms. The van der Waals surface area contributed by atoms with Crippen LogP contribution in [0.25, 0.3) is 0 Å². The third kappa shape index (κ3) is 5.57. The van der Waals surface area contributed by atoms with Crippen LogP contribution in [-0.4, -0.2) is 18.1 Å². The molecule has 1 rings (SSSR count). The maximum absolute atomic E-state index is 12.1. The van der Waals surface area contributed by atoms with Crippen molar-refractivity contribution in [3.63, 3.8) is 0 Å². The van der Waals surface area contributed by atoms with Crippen molar-refractivity contribution in [1.29, 1.82) is 0 Å². The molecule has 0 saturated carbocycles. The number of alkyl halides is 3. The van der Waals surface area contributed by atoms with Crippen molar-refractivity contribution < 1.29 is 23.0 Å². The Bertz CT molecular complexity index is 360. The Morgan fingerprint density at radius 3 is 2.44 bits per heavy atom. The highest BCUT2D eigenvalue weighted by Gasteiger charge is 2.32. The van der Waals surface area contributed by atoms with Crippen LogP contribution in [0, 0.1) is 0 Å². The maximum atomic E-state index is 12.1. The molecule has 1 aromatic rings. The Balaban J connectivity index is 0.00000289. The Morgan fingerprint density at radius 1 is 1.28 bits per heavy atom. The SMILES string of the molecule is Cl.N[C@H](CCCO)c1ccccc1OC(F)(F)F. The summed E-state index contributed by atoms with van der Waals surface area (Å²) < 4.78 is 40.3. The molecule has 0 bridgehead atoms.